The average molecular weight is 354 g/mol. The van der Waals surface area contributed by atoms with Crippen LogP contribution in [0.5, 0.6) is 0 Å². The fraction of sp³-hybridized carbons (Fsp3) is 0.118. The summed E-state index contributed by atoms with van der Waals surface area (Å²) in [5.74, 6) is 0.736. The fourth-order valence-electron chi connectivity index (χ4n) is 2.38. The second-order valence-electron chi connectivity index (χ2n) is 5.12. The topological polar surface area (TPSA) is 90.9 Å². The minimum Gasteiger partial charge on any atom is -0.302 e. The molecule has 2 aromatic carbocycles. The van der Waals surface area contributed by atoms with Crippen LogP contribution < -0.4 is 0 Å². The van der Waals surface area contributed by atoms with Crippen LogP contribution in [0.3, 0.4) is 0 Å². The van der Waals surface area contributed by atoms with E-state index < -0.39 is 4.92 Å². The highest BCUT2D eigenvalue weighted by atomic mass is 32.2. The second kappa shape index (κ2) is 7.27. The number of nitrogens with zero attached hydrogens (tertiary/aromatic N) is 4. The van der Waals surface area contributed by atoms with Crippen LogP contribution >= 0.6 is 11.8 Å². The third-order valence-electron chi connectivity index (χ3n) is 3.60. The molecule has 0 saturated heterocycles. The Kier molecular flexibility index (Phi) is 4.90. The summed E-state index contributed by atoms with van der Waals surface area (Å²) in [7, 11) is 0. The van der Waals surface area contributed by atoms with Crippen LogP contribution in [0.1, 0.15) is 17.3 Å². The molecule has 126 valence electrons. The maximum Gasteiger partial charge on any atom is 0.270 e. The van der Waals surface area contributed by atoms with E-state index in [0.29, 0.717) is 22.9 Å². The summed E-state index contributed by atoms with van der Waals surface area (Å²) in [5.41, 5.74) is 1.09. The Bertz CT molecular complexity index is 925. The van der Waals surface area contributed by atoms with Gasteiger partial charge in [0.05, 0.1) is 4.92 Å². The molecule has 25 heavy (non-hydrogen) atoms. The average Bonchev–Trinajstić information content (AvgIpc) is 3.05. The number of rotatable bonds is 6. The number of non-ortho nitro benzene ring substituents is 1. The number of nitro benzene ring substituents is 1. The van der Waals surface area contributed by atoms with Crippen LogP contribution in [0.25, 0.3) is 11.4 Å². The molecule has 0 unspecified atom stereocenters. The Morgan fingerprint density at radius 2 is 1.96 bits per heavy atom. The number of aromatic nitrogens is 3. The molecule has 1 heterocycles. The first-order chi connectivity index (χ1) is 12.1. The summed E-state index contributed by atoms with van der Waals surface area (Å²) in [6, 6.07) is 13.9. The van der Waals surface area contributed by atoms with Crippen LogP contribution in [0, 0.1) is 10.1 Å². The molecule has 0 spiro atoms. The minimum atomic E-state index is -0.524. The quantitative estimate of drug-likeness (QED) is 0.379. The zero-order valence-corrected chi connectivity index (χ0v) is 14.1. The number of hydrogen-bond donors (Lipinski definition) is 0. The van der Waals surface area contributed by atoms with Crippen LogP contribution in [0.2, 0.25) is 0 Å². The Hall–Kier alpha value is -3.00. The molecule has 0 aliphatic carbocycles. The van der Waals surface area contributed by atoms with Crippen LogP contribution in [0.15, 0.2) is 58.6 Å². The van der Waals surface area contributed by atoms with Crippen molar-refractivity contribution in [2.75, 3.05) is 0 Å². The summed E-state index contributed by atoms with van der Waals surface area (Å²) in [6.07, 6.45) is 0.611. The first-order valence-electron chi connectivity index (χ1n) is 7.54. The van der Waals surface area contributed by atoms with Crippen molar-refractivity contribution in [3.63, 3.8) is 0 Å². The molecule has 8 heteroatoms. The van der Waals surface area contributed by atoms with E-state index in [1.54, 1.807) is 6.07 Å². The van der Waals surface area contributed by atoms with Gasteiger partial charge in [0, 0.05) is 34.7 Å². The molecule has 1 aromatic heterocycles. The van der Waals surface area contributed by atoms with Crippen molar-refractivity contribution < 1.29 is 9.72 Å². The number of carbonyl (C=O) groups excluding carboxylic acids is 1. The SMILES string of the molecule is CCn1c(Sc2ccc([N+](=O)[O-])cc2C=O)nnc1-c1ccccc1. The third-order valence-corrected chi connectivity index (χ3v) is 4.67. The normalized spacial score (nSPS) is 10.6. The number of hydrogen-bond acceptors (Lipinski definition) is 6. The maximum absolute atomic E-state index is 11.3. The van der Waals surface area contributed by atoms with E-state index in [4.69, 9.17) is 0 Å². The molecular formula is C17H14N4O3S. The van der Waals surface area contributed by atoms with E-state index in [0.717, 1.165) is 11.4 Å². The molecule has 0 aliphatic rings. The number of carbonyl (C=O) groups is 1. The molecule has 0 aliphatic heterocycles. The van der Waals surface area contributed by atoms with Gasteiger partial charge in [-0.05, 0) is 24.8 Å². The smallest absolute Gasteiger partial charge is 0.270 e. The number of nitro groups is 1. The van der Waals surface area contributed by atoms with Gasteiger partial charge in [0.25, 0.3) is 5.69 Å². The monoisotopic (exact) mass is 354 g/mol. The van der Waals surface area contributed by atoms with E-state index in [2.05, 4.69) is 10.2 Å². The number of benzene rings is 2. The first-order valence-corrected chi connectivity index (χ1v) is 8.35. The molecule has 3 aromatic rings. The minimum absolute atomic E-state index is 0.117. The second-order valence-corrected chi connectivity index (χ2v) is 6.12. The predicted molar refractivity (Wildman–Crippen MR) is 93.7 cm³/mol. The van der Waals surface area contributed by atoms with E-state index >= 15 is 0 Å². The first kappa shape index (κ1) is 16.8. The molecule has 0 bridgehead atoms. The van der Waals surface area contributed by atoms with E-state index in [-0.39, 0.29) is 11.3 Å². The number of aldehydes is 1. The fourth-order valence-corrected chi connectivity index (χ4v) is 3.35. The Labute approximate surface area is 147 Å². The van der Waals surface area contributed by atoms with Gasteiger partial charge in [-0.2, -0.15) is 0 Å². The molecule has 0 saturated carbocycles. The summed E-state index contributed by atoms with van der Waals surface area (Å²) < 4.78 is 1.94. The lowest BCUT2D eigenvalue weighted by Crippen LogP contribution is -2.00. The Balaban J connectivity index is 1.98. The van der Waals surface area contributed by atoms with Gasteiger partial charge in [-0.3, -0.25) is 14.9 Å². The van der Waals surface area contributed by atoms with Crippen molar-refractivity contribution in [2.45, 2.75) is 23.5 Å². The van der Waals surface area contributed by atoms with Crippen LogP contribution in [-0.2, 0) is 6.54 Å². The lowest BCUT2D eigenvalue weighted by Gasteiger charge is -2.08. The molecule has 0 amide bonds. The Morgan fingerprint density at radius 3 is 2.60 bits per heavy atom. The summed E-state index contributed by atoms with van der Waals surface area (Å²) in [6.45, 7) is 2.64. The van der Waals surface area contributed by atoms with E-state index in [1.165, 1.54) is 23.9 Å². The molecule has 0 atom stereocenters. The zero-order chi connectivity index (χ0) is 17.8. The third kappa shape index (κ3) is 3.43. The van der Waals surface area contributed by atoms with Crippen molar-refractivity contribution in [1.82, 2.24) is 14.8 Å². The van der Waals surface area contributed by atoms with Gasteiger partial charge in [-0.15, -0.1) is 10.2 Å². The van der Waals surface area contributed by atoms with Gasteiger partial charge in [-0.1, -0.05) is 30.3 Å². The van der Waals surface area contributed by atoms with Crippen molar-refractivity contribution in [3.8, 4) is 11.4 Å². The van der Waals surface area contributed by atoms with Gasteiger partial charge >= 0.3 is 0 Å². The largest absolute Gasteiger partial charge is 0.302 e. The lowest BCUT2D eigenvalue weighted by atomic mass is 10.2. The summed E-state index contributed by atoms with van der Waals surface area (Å²) in [5, 5.41) is 19.9. The van der Waals surface area contributed by atoms with Crippen molar-refractivity contribution >= 4 is 23.7 Å². The molecular weight excluding hydrogens is 340 g/mol. The van der Waals surface area contributed by atoms with Gasteiger partial charge in [0.15, 0.2) is 17.3 Å². The van der Waals surface area contributed by atoms with E-state index in [9.17, 15) is 14.9 Å². The summed E-state index contributed by atoms with van der Waals surface area (Å²) in [4.78, 5) is 22.2. The van der Waals surface area contributed by atoms with Gasteiger partial charge in [0.2, 0.25) is 0 Å². The van der Waals surface area contributed by atoms with Crippen molar-refractivity contribution in [1.29, 1.82) is 0 Å². The molecule has 7 nitrogen and oxygen atoms in total. The van der Waals surface area contributed by atoms with E-state index in [1.807, 2.05) is 41.8 Å². The highest BCUT2D eigenvalue weighted by molar-refractivity contribution is 7.99. The molecule has 0 fully saturated rings. The van der Waals surface area contributed by atoms with Crippen LogP contribution in [-0.4, -0.2) is 26.0 Å². The molecule has 0 radical (unpaired) electrons. The summed E-state index contributed by atoms with van der Waals surface area (Å²) >= 11 is 1.26. The molecule has 0 N–H and O–H groups in total. The molecule has 3 rings (SSSR count). The standard InChI is InChI=1S/C17H14N4O3S/c1-2-20-16(12-6-4-3-5-7-12)18-19-17(20)25-15-9-8-14(21(23)24)10-13(15)11-22/h3-11H,2H2,1H3. The maximum atomic E-state index is 11.3. The predicted octanol–water partition coefficient (Wildman–Crippen LogP) is 3.84. The lowest BCUT2D eigenvalue weighted by molar-refractivity contribution is -0.384. The van der Waals surface area contributed by atoms with Crippen molar-refractivity contribution in [2.24, 2.45) is 0 Å². The van der Waals surface area contributed by atoms with Gasteiger partial charge < -0.3 is 4.57 Å². The van der Waals surface area contributed by atoms with Gasteiger partial charge in [-0.25, -0.2) is 0 Å². The van der Waals surface area contributed by atoms with Gasteiger partial charge in [0.1, 0.15) is 0 Å². The Morgan fingerprint density at radius 1 is 1.20 bits per heavy atom. The zero-order valence-electron chi connectivity index (χ0n) is 13.3. The van der Waals surface area contributed by atoms with Crippen molar-refractivity contribution in [3.05, 3.63) is 64.2 Å². The van der Waals surface area contributed by atoms with Crippen LogP contribution in [0.4, 0.5) is 5.69 Å². The highest BCUT2D eigenvalue weighted by Gasteiger charge is 2.17. The highest BCUT2D eigenvalue weighted by Crippen LogP contribution is 2.32.